The smallest absolute Gasteiger partial charge is 0.504 e. The average molecular weight is 190 g/mol. The summed E-state index contributed by atoms with van der Waals surface area (Å²) in [5, 5.41) is 0. The molecule has 1 aromatic carbocycles. The van der Waals surface area contributed by atoms with Crippen LogP contribution < -0.4 is 18.9 Å². The van der Waals surface area contributed by atoms with Gasteiger partial charge >= 0.3 is 18.9 Å². The van der Waals surface area contributed by atoms with E-state index in [2.05, 4.69) is 24.5 Å². The molecule has 0 unspecified atom stereocenters. The first-order chi connectivity index (χ1) is 6.93. The molecule has 1 rings (SSSR count). The van der Waals surface area contributed by atoms with Crippen molar-refractivity contribution in [2.45, 2.75) is 25.7 Å². The van der Waals surface area contributed by atoms with E-state index in [1.165, 1.54) is 0 Å². The van der Waals surface area contributed by atoms with Gasteiger partial charge in [-0.05, 0) is 18.6 Å². The van der Waals surface area contributed by atoms with E-state index >= 15 is 0 Å². The zero-order valence-electron chi connectivity index (χ0n) is 9.42. The van der Waals surface area contributed by atoms with Crippen molar-refractivity contribution in [1.82, 2.24) is 0 Å². The predicted octanol–water partition coefficient (Wildman–Crippen LogP) is 0.592. The molecule has 0 saturated carbocycles. The Kier molecular flexibility index (Phi) is 9.10. The Morgan fingerprint density at radius 1 is 1.13 bits per heavy atom. The Labute approximate surface area is 105 Å². The number of rotatable bonds is 4. The molecule has 0 spiro atoms. The molecule has 0 radical (unpaired) electrons. The second kappa shape index (κ2) is 9.66. The summed E-state index contributed by atoms with van der Waals surface area (Å²) in [5.74, 6) is 6.30. The van der Waals surface area contributed by atoms with E-state index in [1.807, 2.05) is 30.3 Å². The van der Waals surface area contributed by atoms with Crippen LogP contribution in [0.15, 0.2) is 36.9 Å². The SMILES string of the molecule is C=[C-]CCCCC#Cc1ccccc1.[Li+]. The van der Waals surface area contributed by atoms with E-state index in [0.29, 0.717) is 0 Å². The maximum absolute atomic E-state index is 3.57. The van der Waals surface area contributed by atoms with E-state index in [4.69, 9.17) is 0 Å². The van der Waals surface area contributed by atoms with Crippen LogP contribution in [-0.4, -0.2) is 0 Å². The van der Waals surface area contributed by atoms with Crippen LogP contribution in [0.25, 0.3) is 0 Å². The van der Waals surface area contributed by atoms with E-state index in [-0.39, 0.29) is 18.9 Å². The summed E-state index contributed by atoms with van der Waals surface area (Å²) in [6.45, 7) is 3.57. The average Bonchev–Trinajstić information content (AvgIpc) is 2.25. The van der Waals surface area contributed by atoms with Crippen LogP contribution >= 0.6 is 0 Å². The molecule has 0 fully saturated rings. The minimum Gasteiger partial charge on any atom is -0.504 e. The molecule has 1 heteroatoms. The van der Waals surface area contributed by atoms with Crippen molar-refractivity contribution in [2.24, 2.45) is 0 Å². The molecule has 1 aromatic rings. The number of unbranched alkanes of at least 4 members (excludes halogenated alkanes) is 3. The van der Waals surface area contributed by atoms with Crippen LogP contribution in [0, 0.1) is 17.9 Å². The molecule has 0 saturated heterocycles. The number of allylic oxidation sites excluding steroid dienone is 1. The number of hydrogen-bond donors (Lipinski definition) is 0. The van der Waals surface area contributed by atoms with Gasteiger partial charge in [0.1, 0.15) is 0 Å². The van der Waals surface area contributed by atoms with Crippen LogP contribution in [0.2, 0.25) is 0 Å². The van der Waals surface area contributed by atoms with Crippen molar-refractivity contribution in [2.75, 3.05) is 0 Å². The molecule has 0 nitrogen and oxygen atoms in total. The van der Waals surface area contributed by atoms with Crippen molar-refractivity contribution in [1.29, 1.82) is 0 Å². The van der Waals surface area contributed by atoms with Gasteiger partial charge in [-0.1, -0.05) is 36.5 Å². The second-order valence-electron chi connectivity index (χ2n) is 3.12. The van der Waals surface area contributed by atoms with Crippen LogP contribution in [0.4, 0.5) is 0 Å². The Balaban J connectivity index is 0.00000196. The van der Waals surface area contributed by atoms with Gasteiger partial charge in [0.25, 0.3) is 0 Å². The molecule has 0 aliphatic heterocycles. The fourth-order valence-corrected chi connectivity index (χ4v) is 1.15. The minimum atomic E-state index is 0. The molecule has 0 N–H and O–H groups in total. The first-order valence-corrected chi connectivity index (χ1v) is 4.97. The normalized spacial score (nSPS) is 8.27. The van der Waals surface area contributed by atoms with Crippen LogP contribution in [0.1, 0.15) is 31.2 Å². The summed E-state index contributed by atoms with van der Waals surface area (Å²) in [6.07, 6.45) is 7.11. The van der Waals surface area contributed by atoms with Crippen LogP contribution in [0.5, 0.6) is 0 Å². The van der Waals surface area contributed by atoms with Crippen molar-refractivity contribution in [3.63, 3.8) is 0 Å². The third-order valence-electron chi connectivity index (χ3n) is 1.91. The molecular weight excluding hydrogens is 175 g/mol. The van der Waals surface area contributed by atoms with E-state index < -0.39 is 0 Å². The Morgan fingerprint density at radius 3 is 2.53 bits per heavy atom. The van der Waals surface area contributed by atoms with Crippen molar-refractivity contribution in [3.8, 4) is 11.8 Å². The molecule has 0 aromatic heterocycles. The van der Waals surface area contributed by atoms with Gasteiger partial charge in [-0.25, -0.2) is 0 Å². The Morgan fingerprint density at radius 2 is 1.87 bits per heavy atom. The standard InChI is InChI=1S/C14H15.Li/c1-2-3-4-5-6-8-11-14-12-9-7-10-13-14;/h7,9-10,12-13H,1,3-6H2;/q-1;+1. The van der Waals surface area contributed by atoms with Gasteiger partial charge in [0, 0.05) is 12.0 Å². The molecule has 0 amide bonds. The zero-order valence-corrected chi connectivity index (χ0v) is 9.42. The summed E-state index contributed by atoms with van der Waals surface area (Å²) in [6, 6.07) is 10.1. The predicted molar refractivity (Wildman–Crippen MR) is 60.7 cm³/mol. The van der Waals surface area contributed by atoms with Gasteiger partial charge in [0.15, 0.2) is 0 Å². The summed E-state index contributed by atoms with van der Waals surface area (Å²) in [5.41, 5.74) is 1.10. The van der Waals surface area contributed by atoms with Gasteiger partial charge < -0.3 is 6.08 Å². The molecule has 0 aliphatic rings. The second-order valence-corrected chi connectivity index (χ2v) is 3.12. The Hall–Kier alpha value is -0.883. The monoisotopic (exact) mass is 190 g/mol. The van der Waals surface area contributed by atoms with Crippen LogP contribution in [-0.2, 0) is 0 Å². The topological polar surface area (TPSA) is 0 Å². The molecule has 72 valence electrons. The fourth-order valence-electron chi connectivity index (χ4n) is 1.15. The molecule has 0 atom stereocenters. The maximum Gasteiger partial charge on any atom is 1.00 e. The molecule has 0 heterocycles. The van der Waals surface area contributed by atoms with Crippen molar-refractivity contribution >= 4 is 0 Å². The van der Waals surface area contributed by atoms with E-state index in [1.54, 1.807) is 0 Å². The number of benzene rings is 1. The summed E-state index contributed by atoms with van der Waals surface area (Å²) >= 11 is 0. The quantitative estimate of drug-likeness (QED) is 0.282. The van der Waals surface area contributed by atoms with Gasteiger partial charge in [-0.2, -0.15) is 6.42 Å². The number of hydrogen-bond acceptors (Lipinski definition) is 0. The fraction of sp³-hybridized carbons (Fsp3) is 0.286. The Bertz CT molecular complexity index is 316. The molecule has 15 heavy (non-hydrogen) atoms. The summed E-state index contributed by atoms with van der Waals surface area (Å²) in [7, 11) is 0. The van der Waals surface area contributed by atoms with E-state index in [0.717, 1.165) is 31.2 Å². The summed E-state index contributed by atoms with van der Waals surface area (Å²) < 4.78 is 0. The van der Waals surface area contributed by atoms with Crippen LogP contribution in [0.3, 0.4) is 0 Å². The van der Waals surface area contributed by atoms with Gasteiger partial charge in [-0.3, -0.25) is 6.58 Å². The first kappa shape index (κ1) is 14.1. The minimum absolute atomic E-state index is 0. The van der Waals surface area contributed by atoms with Gasteiger partial charge in [0.2, 0.25) is 0 Å². The van der Waals surface area contributed by atoms with Gasteiger partial charge in [-0.15, -0.1) is 0 Å². The summed E-state index contributed by atoms with van der Waals surface area (Å²) in [4.78, 5) is 0. The van der Waals surface area contributed by atoms with Crippen molar-refractivity contribution in [3.05, 3.63) is 48.6 Å². The third kappa shape index (κ3) is 7.09. The molecule has 0 aliphatic carbocycles. The maximum atomic E-state index is 3.57. The largest absolute Gasteiger partial charge is 1.00 e. The third-order valence-corrected chi connectivity index (χ3v) is 1.91. The van der Waals surface area contributed by atoms with Gasteiger partial charge in [0.05, 0.1) is 0 Å². The molecule has 0 bridgehead atoms. The van der Waals surface area contributed by atoms with Crippen molar-refractivity contribution < 1.29 is 18.9 Å². The zero-order chi connectivity index (χ0) is 10.1. The first-order valence-electron chi connectivity index (χ1n) is 4.97. The molecular formula is C14H15Li. The van der Waals surface area contributed by atoms with E-state index in [9.17, 15) is 0 Å².